The summed E-state index contributed by atoms with van der Waals surface area (Å²) in [7, 11) is -0.670. The smallest absolute Gasteiger partial charge is 0.399 e. The van der Waals surface area contributed by atoms with Crippen LogP contribution in [-0.4, -0.2) is 36.6 Å². The molecule has 810 valence electrons. The van der Waals surface area contributed by atoms with E-state index in [-0.39, 0.29) is 47.5 Å². The van der Waals surface area contributed by atoms with Crippen LogP contribution in [-0.2, 0) is 55.1 Å². The molecule has 0 saturated carbocycles. The molecule has 0 aromatic carbocycles. The predicted molar refractivity (Wildman–Crippen MR) is 690 cm³/mol. The Morgan fingerprint density at radius 1 is 0.233 bits per heavy atom. The topological polar surface area (TPSA) is 36.9 Å². The van der Waals surface area contributed by atoms with E-state index in [4.69, 9.17) is 18.6 Å². The van der Waals surface area contributed by atoms with Gasteiger partial charge in [-0.3, -0.25) is 0 Å². The van der Waals surface area contributed by atoms with Crippen LogP contribution in [0.25, 0.3) is 107 Å². The van der Waals surface area contributed by atoms with Gasteiger partial charge in [-0.25, -0.2) is 0 Å². The van der Waals surface area contributed by atoms with E-state index in [1.54, 1.807) is 52.9 Å². The van der Waals surface area contributed by atoms with Gasteiger partial charge in [-0.15, -0.1) is 159 Å². The molecule has 0 radical (unpaired) electrons. The minimum atomic E-state index is -0.359. The van der Waals surface area contributed by atoms with Gasteiger partial charge in [0.2, 0.25) is 0 Å². The molecule has 2 saturated heterocycles. The molecule has 4 unspecified atom stereocenters. The Hall–Kier alpha value is -3.27. The van der Waals surface area contributed by atoms with Crippen LogP contribution >= 0.6 is 191 Å². The third-order valence-electron chi connectivity index (χ3n) is 33.6. The van der Waals surface area contributed by atoms with Crippen LogP contribution in [0, 0.1) is 37.5 Å². The lowest BCUT2D eigenvalue weighted by molar-refractivity contribution is 0.00578. The van der Waals surface area contributed by atoms with E-state index in [1.807, 2.05) is 113 Å². The molecule has 4 aliphatic rings. The fraction of sp³-hybridized carbons (Fsp3) is 0.562. The van der Waals surface area contributed by atoms with Crippen molar-refractivity contribution in [3.8, 4) is 107 Å². The Labute approximate surface area is 978 Å². The maximum atomic E-state index is 6.64. The number of rotatable bonds is 55. The molecule has 2 fully saturated rings. The van der Waals surface area contributed by atoms with E-state index in [1.165, 1.54) is 383 Å². The zero-order valence-electron chi connectivity index (χ0n) is 94.4. The lowest BCUT2D eigenvalue weighted by Crippen LogP contribution is -2.41. The summed E-state index contributed by atoms with van der Waals surface area (Å²) in [5.74, 6) is 2.91. The zero-order valence-corrected chi connectivity index (χ0v) is 109. The van der Waals surface area contributed by atoms with Crippen molar-refractivity contribution in [2.24, 2.45) is 23.7 Å². The Morgan fingerprint density at radius 2 is 0.487 bits per heavy atom. The van der Waals surface area contributed by atoms with Gasteiger partial charge in [-0.1, -0.05) is 263 Å². The first-order chi connectivity index (χ1) is 72.3. The highest BCUT2D eigenvalue weighted by atomic mass is 79.9. The molecule has 2 aliphatic heterocycles. The number of aryl methyl sites for hydroxylation is 2. The van der Waals surface area contributed by atoms with E-state index in [0.29, 0.717) is 11.8 Å². The normalized spacial score (nSPS) is 16.9. The van der Waals surface area contributed by atoms with Crippen molar-refractivity contribution in [1.82, 2.24) is 0 Å². The second-order valence-corrected chi connectivity index (χ2v) is 63.8. The number of hydrogen-bond donors (Lipinski definition) is 0. The summed E-state index contributed by atoms with van der Waals surface area (Å²) in [6.07, 6.45) is 51.4. The molecular weight excluding hydrogens is 2230 g/mol. The molecule has 150 heavy (non-hydrogen) atoms. The molecule has 0 amide bonds. The Balaban J connectivity index is 0.000000167. The van der Waals surface area contributed by atoms with Gasteiger partial charge in [0.25, 0.3) is 0 Å². The monoisotopic (exact) mass is 2400 g/mol. The average molecular weight is 2400 g/mol. The highest BCUT2D eigenvalue weighted by molar-refractivity contribution is 9.11. The second kappa shape index (κ2) is 54.5. The first-order valence-electron chi connectivity index (χ1n) is 58.0. The quantitative estimate of drug-likeness (QED) is 0.0281. The van der Waals surface area contributed by atoms with Crippen molar-refractivity contribution in [2.75, 3.05) is 0 Å². The minimum Gasteiger partial charge on any atom is -0.399 e. The summed E-state index contributed by atoms with van der Waals surface area (Å²) < 4.78 is 31.4. The summed E-state index contributed by atoms with van der Waals surface area (Å²) in [5.41, 5.74) is 11.7. The largest absolute Gasteiger partial charge is 0.505 e. The molecule has 4 nitrogen and oxygen atoms in total. The van der Waals surface area contributed by atoms with Crippen LogP contribution in [0.1, 0.15) is 424 Å². The van der Waals surface area contributed by atoms with E-state index in [0.717, 1.165) is 11.8 Å². The number of unbranched alkanes of at least 4 members (excludes halogenated alkanes) is 16. The van der Waals surface area contributed by atoms with Crippen molar-refractivity contribution >= 4 is 214 Å². The Bertz CT molecular complexity index is 6340. The minimum absolute atomic E-state index is 0.0235. The van der Waals surface area contributed by atoms with E-state index in [2.05, 4.69) is 351 Å². The van der Waals surface area contributed by atoms with Gasteiger partial charge in [0, 0.05) is 137 Å². The third-order valence-corrected chi connectivity index (χ3v) is 52.4. The molecule has 14 aromatic rings. The molecule has 0 bridgehead atoms. The molecule has 22 heteroatoms. The van der Waals surface area contributed by atoms with Gasteiger partial charge >= 0.3 is 14.2 Å². The number of halogens is 2. The van der Waals surface area contributed by atoms with Crippen molar-refractivity contribution in [2.45, 2.75) is 442 Å². The van der Waals surface area contributed by atoms with Crippen LogP contribution in [0.2, 0.25) is 0 Å². The van der Waals surface area contributed by atoms with Crippen LogP contribution < -0.4 is 9.55 Å². The number of fused-ring (bicyclic) bond motifs is 6. The molecule has 0 spiro atoms. The van der Waals surface area contributed by atoms with E-state index in [9.17, 15) is 0 Å². The van der Waals surface area contributed by atoms with Crippen LogP contribution in [0.15, 0.2) is 129 Å². The van der Waals surface area contributed by atoms with Gasteiger partial charge in [0.15, 0.2) is 0 Å². The van der Waals surface area contributed by atoms with Gasteiger partial charge in [-0.2, -0.15) is 0 Å². The van der Waals surface area contributed by atoms with Crippen LogP contribution in [0.4, 0.5) is 0 Å². The standard InChI is InChI=1S/C59H76S7.C37H60B2O4S2.C32H34Br2S5/c1-9-15-19-21-25-43-44(26-22-20-16-10-2)56(66-55(43)52-33-31-48(63-52)47-28-27-39(7)60-47)53-34-32-50(64-53)49-29-30-51(62-49)54-36-46-58(65-54)57-45(35-40(8)61-57)59(46,37-41(13-5)23-17-11-3)38-42(14-6)24-18-12-4;1-13-17-19-25(15-3)23-37(24-26(16-4)20-18-14-2)27-21-29(38-40-33(5,6)34(7,8)41-38)44-31(27)32-28(37)22-30(45-32)39-42-35(9,10)36(11,12)43-39;1-3-5-7-9-11-21-22(12-10-8-6-4-2)32(28-16-14-24(36-28)26-18-20-30(34)38-26)39-31(21)27-15-13-23(35-27)25-17-19-29(33)37-25/h27-36,41-42H,9-26,37-38H2,1-8H3;21-22,25-26H,13-20,23-24H2,1-12H3;13-20H,3-12H2,1-2H3. The van der Waals surface area contributed by atoms with Crippen LogP contribution in [0.5, 0.6) is 0 Å². The fourth-order valence-corrected chi connectivity index (χ4v) is 41.0. The number of thiophene rings is 14. The van der Waals surface area contributed by atoms with Gasteiger partial charge < -0.3 is 18.6 Å². The van der Waals surface area contributed by atoms with Gasteiger partial charge in [0.1, 0.15) is 0 Å². The highest BCUT2D eigenvalue weighted by Crippen LogP contribution is 2.65. The first kappa shape index (κ1) is 119. The summed E-state index contributed by atoms with van der Waals surface area (Å²) in [6.45, 7) is 50.3. The lowest BCUT2D eigenvalue weighted by Gasteiger charge is -2.38. The van der Waals surface area contributed by atoms with Crippen molar-refractivity contribution in [3.63, 3.8) is 0 Å². The predicted octanol–water partition coefficient (Wildman–Crippen LogP) is 47.1. The maximum Gasteiger partial charge on any atom is 0.505 e. The summed E-state index contributed by atoms with van der Waals surface area (Å²) in [6, 6.07) is 47.8. The van der Waals surface area contributed by atoms with E-state index >= 15 is 0 Å². The average Bonchev–Trinajstić information content (AvgIpc) is 1.54. The summed E-state index contributed by atoms with van der Waals surface area (Å²) >= 11 is 35.0. The van der Waals surface area contributed by atoms with Crippen molar-refractivity contribution in [1.29, 1.82) is 0 Å². The molecule has 16 heterocycles. The summed E-state index contributed by atoms with van der Waals surface area (Å²) in [4.78, 5) is 34.9. The molecule has 0 N–H and O–H groups in total. The maximum absolute atomic E-state index is 6.64. The van der Waals surface area contributed by atoms with Crippen molar-refractivity contribution < 1.29 is 18.6 Å². The van der Waals surface area contributed by atoms with Gasteiger partial charge in [-0.05, 0) is 368 Å². The Kier molecular flexibility index (Phi) is 43.3. The molecule has 18 rings (SSSR count). The third kappa shape index (κ3) is 27.3. The summed E-state index contributed by atoms with van der Waals surface area (Å²) in [5, 5.41) is 0. The molecule has 4 atom stereocenters. The number of hydrogen-bond acceptors (Lipinski definition) is 18. The van der Waals surface area contributed by atoms with Crippen molar-refractivity contribution in [3.05, 3.63) is 183 Å². The van der Waals surface area contributed by atoms with Crippen LogP contribution in [0.3, 0.4) is 0 Å². The zero-order chi connectivity index (χ0) is 106. The first-order valence-corrected chi connectivity index (χ1v) is 71.0. The fourth-order valence-electron chi connectivity index (χ4n) is 23.4. The Morgan fingerprint density at radius 3 is 0.773 bits per heavy atom. The lowest BCUT2D eigenvalue weighted by atomic mass is 9.65. The highest BCUT2D eigenvalue weighted by Gasteiger charge is 2.58. The van der Waals surface area contributed by atoms with E-state index < -0.39 is 0 Å². The molecular formula is C128H170B2Br2O4S14. The SMILES string of the molecule is CCCCC(CC)CC1(CC(CC)CCCC)c2cc(B3OC(C)(C)C(C)(C)O3)sc2-c2sc(B3OC(C)(C)C(C)(C)O3)cc21.CCCCCCc1c(-c2ccc(-c3ccc(Br)s3)s2)sc(-c2ccc(-c3ccc(Br)s3)s2)c1CCCCCC.CCCCCCc1c(-c2ccc(-c3ccc(C)s3)s2)sc(-c2ccc(-c3ccc(-c4cc5c(s4)-c4sc(C)cc4C5(CC(CC)CCCC)CC(CC)CCCC)s3)s2)c1CCCCCC. The second-order valence-electron chi connectivity index (χ2n) is 45.7. The van der Waals surface area contributed by atoms with Gasteiger partial charge in [0.05, 0.1) is 30.0 Å². The molecule has 2 aliphatic carbocycles. The molecule has 14 aromatic heterocycles.